The third-order valence-electron chi connectivity index (χ3n) is 5.97. The summed E-state index contributed by atoms with van der Waals surface area (Å²) in [7, 11) is 0. The third kappa shape index (κ3) is 3.26. The van der Waals surface area contributed by atoms with Crippen molar-refractivity contribution in [3.8, 4) is 0 Å². The summed E-state index contributed by atoms with van der Waals surface area (Å²) in [5, 5.41) is 0. The monoisotopic (exact) mass is 236 g/mol. The molecule has 2 rings (SSSR count). The predicted octanol–water partition coefficient (Wildman–Crippen LogP) is 5.67. The van der Waals surface area contributed by atoms with Crippen molar-refractivity contribution >= 4 is 0 Å². The first-order chi connectivity index (χ1) is 8.24. The summed E-state index contributed by atoms with van der Waals surface area (Å²) in [5.74, 6) is 5.29. The summed E-state index contributed by atoms with van der Waals surface area (Å²) >= 11 is 0. The van der Waals surface area contributed by atoms with Crippen LogP contribution in [0.4, 0.5) is 0 Å². The highest BCUT2D eigenvalue weighted by molar-refractivity contribution is 4.83. The average Bonchev–Trinajstić information content (AvgIpc) is 2.28. The number of hydrogen-bond acceptors (Lipinski definition) is 0. The molecule has 0 bridgehead atoms. The minimum Gasteiger partial charge on any atom is -0.0651 e. The third-order valence-corrected chi connectivity index (χ3v) is 5.97. The SMILES string of the molecule is CCC1CC(CC(CC)C2CCC2)CCC1C. The highest BCUT2D eigenvalue weighted by atomic mass is 14.4. The van der Waals surface area contributed by atoms with Gasteiger partial charge in [-0.15, -0.1) is 0 Å². The van der Waals surface area contributed by atoms with Crippen LogP contribution in [0, 0.1) is 29.6 Å². The van der Waals surface area contributed by atoms with Crippen LogP contribution in [0.1, 0.15) is 78.6 Å². The first-order valence-electron chi connectivity index (χ1n) is 8.24. The van der Waals surface area contributed by atoms with Crippen molar-refractivity contribution in [3.63, 3.8) is 0 Å². The Morgan fingerprint density at radius 1 is 1.06 bits per heavy atom. The summed E-state index contributed by atoms with van der Waals surface area (Å²) in [5.41, 5.74) is 0. The lowest BCUT2D eigenvalue weighted by atomic mass is 9.67. The van der Waals surface area contributed by atoms with Crippen molar-refractivity contribution in [2.24, 2.45) is 29.6 Å². The van der Waals surface area contributed by atoms with Gasteiger partial charge in [0.2, 0.25) is 0 Å². The van der Waals surface area contributed by atoms with Crippen molar-refractivity contribution in [1.29, 1.82) is 0 Å². The molecule has 2 saturated carbocycles. The molecule has 0 nitrogen and oxygen atoms in total. The van der Waals surface area contributed by atoms with Gasteiger partial charge in [-0.1, -0.05) is 65.7 Å². The molecule has 0 amide bonds. The van der Waals surface area contributed by atoms with E-state index < -0.39 is 0 Å². The zero-order valence-electron chi connectivity index (χ0n) is 12.3. The fraction of sp³-hybridized carbons (Fsp3) is 1.00. The highest BCUT2D eigenvalue weighted by Crippen LogP contribution is 2.43. The summed E-state index contributed by atoms with van der Waals surface area (Å²) in [6, 6.07) is 0. The van der Waals surface area contributed by atoms with Crippen LogP contribution in [0.5, 0.6) is 0 Å². The van der Waals surface area contributed by atoms with Gasteiger partial charge < -0.3 is 0 Å². The molecular weight excluding hydrogens is 204 g/mol. The van der Waals surface area contributed by atoms with E-state index in [-0.39, 0.29) is 0 Å². The highest BCUT2D eigenvalue weighted by Gasteiger charge is 2.31. The minimum atomic E-state index is 1.00. The van der Waals surface area contributed by atoms with E-state index in [0.29, 0.717) is 0 Å². The van der Waals surface area contributed by atoms with Crippen LogP contribution in [0.2, 0.25) is 0 Å². The Labute approximate surface area is 109 Å². The normalized spacial score (nSPS) is 36.5. The molecule has 100 valence electrons. The van der Waals surface area contributed by atoms with Gasteiger partial charge in [-0.25, -0.2) is 0 Å². The maximum absolute atomic E-state index is 2.48. The van der Waals surface area contributed by atoms with Crippen LogP contribution in [0.25, 0.3) is 0 Å². The van der Waals surface area contributed by atoms with Crippen LogP contribution in [-0.4, -0.2) is 0 Å². The lowest BCUT2D eigenvalue weighted by Crippen LogP contribution is -2.28. The summed E-state index contributed by atoms with van der Waals surface area (Å²) in [6.07, 6.45) is 13.6. The predicted molar refractivity (Wildman–Crippen MR) is 76.0 cm³/mol. The first-order valence-corrected chi connectivity index (χ1v) is 8.24. The Morgan fingerprint density at radius 2 is 1.82 bits per heavy atom. The van der Waals surface area contributed by atoms with E-state index in [9.17, 15) is 0 Å². The van der Waals surface area contributed by atoms with E-state index in [0.717, 1.165) is 29.6 Å². The lowest BCUT2D eigenvalue weighted by Gasteiger charge is -2.39. The molecule has 2 aliphatic rings. The molecular formula is C17H32. The topological polar surface area (TPSA) is 0 Å². The molecule has 17 heavy (non-hydrogen) atoms. The zero-order valence-corrected chi connectivity index (χ0v) is 12.3. The molecule has 0 aromatic heterocycles. The van der Waals surface area contributed by atoms with Gasteiger partial charge in [-0.2, -0.15) is 0 Å². The van der Waals surface area contributed by atoms with Gasteiger partial charge in [0.25, 0.3) is 0 Å². The van der Waals surface area contributed by atoms with E-state index in [2.05, 4.69) is 20.8 Å². The molecule has 2 aliphatic carbocycles. The van der Waals surface area contributed by atoms with Crippen molar-refractivity contribution in [2.75, 3.05) is 0 Å². The number of hydrogen-bond donors (Lipinski definition) is 0. The van der Waals surface area contributed by atoms with Gasteiger partial charge in [0.1, 0.15) is 0 Å². The molecule has 0 aromatic carbocycles. The molecule has 0 spiro atoms. The van der Waals surface area contributed by atoms with Crippen LogP contribution in [0.15, 0.2) is 0 Å². The Morgan fingerprint density at radius 3 is 2.35 bits per heavy atom. The molecule has 0 aromatic rings. The van der Waals surface area contributed by atoms with Crippen LogP contribution >= 0.6 is 0 Å². The molecule has 0 heterocycles. The molecule has 2 fully saturated rings. The van der Waals surface area contributed by atoms with Gasteiger partial charge in [-0.05, 0) is 42.4 Å². The fourth-order valence-electron chi connectivity index (χ4n) is 4.33. The second kappa shape index (κ2) is 6.25. The average molecular weight is 236 g/mol. The molecule has 0 radical (unpaired) electrons. The van der Waals surface area contributed by atoms with Crippen molar-refractivity contribution in [2.45, 2.75) is 78.6 Å². The largest absolute Gasteiger partial charge is 0.0651 e. The molecule has 0 saturated heterocycles. The van der Waals surface area contributed by atoms with Crippen molar-refractivity contribution < 1.29 is 0 Å². The van der Waals surface area contributed by atoms with Gasteiger partial charge in [0, 0.05) is 0 Å². The zero-order chi connectivity index (χ0) is 12.3. The molecule has 0 aliphatic heterocycles. The van der Waals surface area contributed by atoms with Gasteiger partial charge in [-0.3, -0.25) is 0 Å². The van der Waals surface area contributed by atoms with Crippen molar-refractivity contribution in [3.05, 3.63) is 0 Å². The maximum Gasteiger partial charge on any atom is -0.0386 e. The second-order valence-electron chi connectivity index (χ2n) is 6.92. The van der Waals surface area contributed by atoms with Crippen LogP contribution < -0.4 is 0 Å². The Balaban J connectivity index is 1.81. The van der Waals surface area contributed by atoms with Gasteiger partial charge in [0.15, 0.2) is 0 Å². The smallest absolute Gasteiger partial charge is 0.0386 e. The van der Waals surface area contributed by atoms with Crippen molar-refractivity contribution in [1.82, 2.24) is 0 Å². The molecule has 4 unspecified atom stereocenters. The molecule has 0 heteroatoms. The summed E-state index contributed by atoms with van der Waals surface area (Å²) < 4.78 is 0. The first kappa shape index (κ1) is 13.4. The summed E-state index contributed by atoms with van der Waals surface area (Å²) in [6.45, 7) is 7.30. The Bertz CT molecular complexity index is 216. The summed E-state index contributed by atoms with van der Waals surface area (Å²) in [4.78, 5) is 0. The van der Waals surface area contributed by atoms with Gasteiger partial charge >= 0.3 is 0 Å². The fourth-order valence-corrected chi connectivity index (χ4v) is 4.33. The van der Waals surface area contributed by atoms with E-state index in [1.54, 1.807) is 25.7 Å². The number of rotatable bonds is 5. The Kier molecular flexibility index (Phi) is 4.94. The quantitative estimate of drug-likeness (QED) is 0.577. The second-order valence-corrected chi connectivity index (χ2v) is 6.92. The van der Waals surface area contributed by atoms with E-state index in [4.69, 9.17) is 0 Å². The van der Waals surface area contributed by atoms with Crippen LogP contribution in [-0.2, 0) is 0 Å². The van der Waals surface area contributed by atoms with Gasteiger partial charge in [0.05, 0.1) is 0 Å². The van der Waals surface area contributed by atoms with Crippen LogP contribution in [0.3, 0.4) is 0 Å². The maximum atomic E-state index is 2.48. The van der Waals surface area contributed by atoms with E-state index in [1.807, 2.05) is 0 Å². The molecule has 4 atom stereocenters. The Hall–Kier alpha value is 0. The standard InChI is InChI=1S/C17H32/c1-4-15-11-14(10-9-13(15)3)12-16(5-2)17-7-6-8-17/h13-17H,4-12H2,1-3H3. The van der Waals surface area contributed by atoms with E-state index in [1.165, 1.54) is 32.1 Å². The molecule has 0 N–H and O–H groups in total. The van der Waals surface area contributed by atoms with E-state index >= 15 is 0 Å². The minimum absolute atomic E-state index is 1.00. The lowest BCUT2D eigenvalue weighted by molar-refractivity contribution is 0.121.